The number of aliphatic carboxylic acids is 1. The molecular formula is C12H19N3O2. The molecule has 2 rings (SSSR count). The Morgan fingerprint density at radius 2 is 2.00 bits per heavy atom. The van der Waals surface area contributed by atoms with Crippen LogP contribution in [0.4, 0.5) is 0 Å². The summed E-state index contributed by atoms with van der Waals surface area (Å²) in [5, 5.41) is 17.4. The first-order chi connectivity index (χ1) is 8.11. The second-order valence-electron chi connectivity index (χ2n) is 4.82. The van der Waals surface area contributed by atoms with Crippen molar-refractivity contribution in [3.05, 3.63) is 11.6 Å². The van der Waals surface area contributed by atoms with E-state index in [1.807, 2.05) is 6.92 Å². The first-order valence-electron chi connectivity index (χ1n) is 6.25. The summed E-state index contributed by atoms with van der Waals surface area (Å²) in [6.45, 7) is 3.50. The van der Waals surface area contributed by atoms with Crippen LogP contribution >= 0.6 is 0 Å². The van der Waals surface area contributed by atoms with E-state index < -0.39 is 12.0 Å². The lowest BCUT2D eigenvalue weighted by Crippen LogP contribution is -2.21. The van der Waals surface area contributed by atoms with E-state index in [0.29, 0.717) is 11.7 Å². The maximum Gasteiger partial charge on any atom is 0.326 e. The molecule has 1 N–H and O–H groups in total. The number of hydrogen-bond donors (Lipinski definition) is 1. The van der Waals surface area contributed by atoms with E-state index in [-0.39, 0.29) is 0 Å². The van der Waals surface area contributed by atoms with Gasteiger partial charge in [0.25, 0.3) is 0 Å². The molecule has 0 aromatic carbocycles. The number of rotatable bonds is 3. The number of aryl methyl sites for hydroxylation is 1. The molecule has 5 nitrogen and oxygen atoms in total. The van der Waals surface area contributed by atoms with Crippen molar-refractivity contribution in [2.75, 3.05) is 0 Å². The van der Waals surface area contributed by atoms with E-state index in [1.165, 1.54) is 19.3 Å². The normalized spacial score (nSPS) is 19.2. The van der Waals surface area contributed by atoms with Crippen molar-refractivity contribution in [1.29, 1.82) is 0 Å². The molecule has 0 bridgehead atoms. The summed E-state index contributed by atoms with van der Waals surface area (Å²) in [4.78, 5) is 11.1. The van der Waals surface area contributed by atoms with Crippen molar-refractivity contribution >= 4 is 5.97 Å². The van der Waals surface area contributed by atoms with E-state index in [1.54, 1.807) is 11.5 Å². The molecule has 1 heterocycles. The maximum atomic E-state index is 11.1. The highest BCUT2D eigenvalue weighted by Crippen LogP contribution is 2.33. The van der Waals surface area contributed by atoms with Crippen LogP contribution in [0.15, 0.2) is 0 Å². The highest BCUT2D eigenvalue weighted by molar-refractivity contribution is 5.71. The molecule has 17 heavy (non-hydrogen) atoms. The van der Waals surface area contributed by atoms with Gasteiger partial charge in [0.1, 0.15) is 17.7 Å². The average molecular weight is 237 g/mol. The zero-order valence-electron chi connectivity index (χ0n) is 10.4. The maximum absolute atomic E-state index is 11.1. The van der Waals surface area contributed by atoms with E-state index in [2.05, 4.69) is 10.2 Å². The third-order valence-electron chi connectivity index (χ3n) is 3.61. The van der Waals surface area contributed by atoms with Gasteiger partial charge in [-0.3, -0.25) is 0 Å². The number of carboxylic acids is 1. The monoisotopic (exact) mass is 237 g/mol. The number of carbonyl (C=O) groups is 1. The first-order valence-corrected chi connectivity index (χ1v) is 6.25. The second-order valence-corrected chi connectivity index (χ2v) is 4.82. The minimum atomic E-state index is -0.829. The molecule has 1 aliphatic rings. The van der Waals surface area contributed by atoms with E-state index in [0.717, 1.165) is 18.7 Å². The predicted octanol–water partition coefficient (Wildman–Crippen LogP) is 2.28. The molecular weight excluding hydrogens is 218 g/mol. The van der Waals surface area contributed by atoms with Gasteiger partial charge in [-0.05, 0) is 26.7 Å². The molecule has 0 amide bonds. The summed E-state index contributed by atoms with van der Waals surface area (Å²) in [7, 11) is 0. The highest BCUT2D eigenvalue weighted by Gasteiger charge is 2.26. The molecule has 94 valence electrons. The Morgan fingerprint density at radius 3 is 2.59 bits per heavy atom. The summed E-state index contributed by atoms with van der Waals surface area (Å²) >= 11 is 0. The minimum absolute atomic E-state index is 0.381. The third kappa shape index (κ3) is 2.33. The number of aromatic nitrogens is 3. The molecule has 1 aromatic rings. The van der Waals surface area contributed by atoms with Crippen molar-refractivity contribution in [2.24, 2.45) is 0 Å². The number of carboxylic acid groups (broad SMARTS) is 1. The van der Waals surface area contributed by atoms with Crippen LogP contribution in [0, 0.1) is 6.92 Å². The SMILES string of the molecule is Cc1nnc(C2CCCCC2)n1C(C)C(=O)O. The Balaban J connectivity index is 2.30. The number of hydrogen-bond acceptors (Lipinski definition) is 3. The average Bonchev–Trinajstić information content (AvgIpc) is 2.71. The number of nitrogens with zero attached hydrogens (tertiary/aromatic N) is 3. The van der Waals surface area contributed by atoms with Gasteiger partial charge in [-0.2, -0.15) is 0 Å². The molecule has 5 heteroatoms. The molecule has 1 atom stereocenters. The zero-order valence-corrected chi connectivity index (χ0v) is 10.4. The largest absolute Gasteiger partial charge is 0.480 e. The van der Waals surface area contributed by atoms with Crippen LogP contribution in [0.2, 0.25) is 0 Å². The standard InChI is InChI=1S/C12H19N3O2/c1-8(12(16)17)15-9(2)13-14-11(15)10-6-4-3-5-7-10/h8,10H,3-7H2,1-2H3,(H,16,17). The van der Waals surface area contributed by atoms with Crippen LogP contribution in [-0.2, 0) is 4.79 Å². The third-order valence-corrected chi connectivity index (χ3v) is 3.61. The first kappa shape index (κ1) is 12.1. The Kier molecular flexibility index (Phi) is 3.45. The Hall–Kier alpha value is -1.39. The van der Waals surface area contributed by atoms with Gasteiger partial charge in [0.15, 0.2) is 0 Å². The smallest absolute Gasteiger partial charge is 0.326 e. The summed E-state index contributed by atoms with van der Waals surface area (Å²) in [5.74, 6) is 1.11. The fraction of sp³-hybridized carbons (Fsp3) is 0.750. The van der Waals surface area contributed by atoms with Gasteiger partial charge in [0.2, 0.25) is 0 Å². The lowest BCUT2D eigenvalue weighted by atomic mass is 9.88. The molecule has 1 unspecified atom stereocenters. The summed E-state index contributed by atoms with van der Waals surface area (Å²) in [5.41, 5.74) is 0. The molecule has 0 spiro atoms. The van der Waals surface area contributed by atoms with Gasteiger partial charge in [0, 0.05) is 5.92 Å². The van der Waals surface area contributed by atoms with Gasteiger partial charge < -0.3 is 9.67 Å². The minimum Gasteiger partial charge on any atom is -0.480 e. The Morgan fingerprint density at radius 1 is 1.35 bits per heavy atom. The van der Waals surface area contributed by atoms with Crippen LogP contribution in [-0.4, -0.2) is 25.8 Å². The van der Waals surface area contributed by atoms with Crippen LogP contribution in [0.5, 0.6) is 0 Å². The molecule has 1 aromatic heterocycles. The fourth-order valence-electron chi connectivity index (χ4n) is 2.61. The van der Waals surface area contributed by atoms with Crippen molar-refractivity contribution in [3.8, 4) is 0 Å². The molecule has 1 saturated carbocycles. The van der Waals surface area contributed by atoms with Crippen LogP contribution in [0.1, 0.15) is 62.6 Å². The quantitative estimate of drug-likeness (QED) is 0.875. The van der Waals surface area contributed by atoms with Gasteiger partial charge in [-0.15, -0.1) is 10.2 Å². The van der Waals surface area contributed by atoms with Crippen LogP contribution < -0.4 is 0 Å². The zero-order chi connectivity index (χ0) is 12.4. The van der Waals surface area contributed by atoms with E-state index in [9.17, 15) is 4.79 Å². The second kappa shape index (κ2) is 4.85. The predicted molar refractivity (Wildman–Crippen MR) is 62.9 cm³/mol. The van der Waals surface area contributed by atoms with Crippen LogP contribution in [0.3, 0.4) is 0 Å². The molecule has 1 aliphatic carbocycles. The van der Waals surface area contributed by atoms with Crippen molar-refractivity contribution in [2.45, 2.75) is 57.9 Å². The van der Waals surface area contributed by atoms with Crippen molar-refractivity contribution < 1.29 is 9.90 Å². The lowest BCUT2D eigenvalue weighted by Gasteiger charge is -2.23. The Bertz CT molecular complexity index is 408. The lowest BCUT2D eigenvalue weighted by molar-refractivity contribution is -0.140. The fourth-order valence-corrected chi connectivity index (χ4v) is 2.61. The van der Waals surface area contributed by atoms with E-state index >= 15 is 0 Å². The van der Waals surface area contributed by atoms with Crippen molar-refractivity contribution in [1.82, 2.24) is 14.8 Å². The summed E-state index contributed by atoms with van der Waals surface area (Å²) in [6, 6.07) is -0.582. The van der Waals surface area contributed by atoms with Gasteiger partial charge in [-0.1, -0.05) is 19.3 Å². The van der Waals surface area contributed by atoms with Crippen molar-refractivity contribution in [3.63, 3.8) is 0 Å². The molecule has 0 radical (unpaired) electrons. The van der Waals surface area contributed by atoms with Gasteiger partial charge in [-0.25, -0.2) is 4.79 Å². The molecule has 0 saturated heterocycles. The topological polar surface area (TPSA) is 68.0 Å². The van der Waals surface area contributed by atoms with Gasteiger partial charge >= 0.3 is 5.97 Å². The Labute approximate surface area is 101 Å². The van der Waals surface area contributed by atoms with Gasteiger partial charge in [0.05, 0.1) is 0 Å². The molecule has 1 fully saturated rings. The van der Waals surface area contributed by atoms with Crippen LogP contribution in [0.25, 0.3) is 0 Å². The highest BCUT2D eigenvalue weighted by atomic mass is 16.4. The van der Waals surface area contributed by atoms with E-state index in [4.69, 9.17) is 5.11 Å². The molecule has 0 aliphatic heterocycles. The summed E-state index contributed by atoms with van der Waals surface area (Å²) < 4.78 is 1.78. The summed E-state index contributed by atoms with van der Waals surface area (Å²) in [6.07, 6.45) is 5.89.